The largest absolute Gasteiger partial charge is 0.507 e. The highest BCUT2D eigenvalue weighted by atomic mass is 19.1. The van der Waals surface area contributed by atoms with Crippen LogP contribution < -0.4 is 9.64 Å². The van der Waals surface area contributed by atoms with Crippen molar-refractivity contribution in [1.29, 1.82) is 0 Å². The number of carbonyl (C=O) groups is 2. The van der Waals surface area contributed by atoms with Gasteiger partial charge in [-0.1, -0.05) is 26.0 Å². The zero-order chi connectivity index (χ0) is 25.3. The van der Waals surface area contributed by atoms with E-state index in [1.54, 1.807) is 18.2 Å². The second kappa shape index (κ2) is 9.70. The van der Waals surface area contributed by atoms with Crippen molar-refractivity contribution in [3.63, 3.8) is 0 Å². The molecule has 4 rings (SSSR count). The molecule has 1 aliphatic rings. The van der Waals surface area contributed by atoms with E-state index in [0.29, 0.717) is 23.5 Å². The summed E-state index contributed by atoms with van der Waals surface area (Å²) in [6.07, 6.45) is 0. The molecule has 7 heteroatoms. The number of nitrogens with zero attached hydrogens (tertiary/aromatic N) is 1. The Labute approximate surface area is 202 Å². The van der Waals surface area contributed by atoms with Gasteiger partial charge in [0, 0.05) is 11.3 Å². The van der Waals surface area contributed by atoms with Gasteiger partial charge in [-0.3, -0.25) is 14.5 Å². The standard InChI is InChI=1S/C28H25F2NO4/c1-4-35-23-14-7-18(15-22(23)16(2)3)26(32)24-25(17-5-8-19(29)9-6-17)31(28(34)27(24)33)21-12-10-20(30)11-13-21/h5-16,25,32H,4H2,1-3H3/b26-24-. The van der Waals surface area contributed by atoms with E-state index < -0.39 is 29.4 Å². The summed E-state index contributed by atoms with van der Waals surface area (Å²) in [6, 6.07) is 14.5. The first-order chi connectivity index (χ1) is 16.7. The number of ketones is 1. The normalized spacial score (nSPS) is 17.3. The average molecular weight is 478 g/mol. The monoisotopic (exact) mass is 477 g/mol. The van der Waals surface area contributed by atoms with Gasteiger partial charge in [0.2, 0.25) is 0 Å². The Morgan fingerprint density at radius 3 is 2.14 bits per heavy atom. The molecule has 0 bridgehead atoms. The quantitative estimate of drug-likeness (QED) is 0.264. The fraction of sp³-hybridized carbons (Fsp3) is 0.214. The number of halogens is 2. The predicted octanol–water partition coefficient (Wildman–Crippen LogP) is 6.11. The van der Waals surface area contributed by atoms with Gasteiger partial charge in [0.25, 0.3) is 11.7 Å². The van der Waals surface area contributed by atoms with Gasteiger partial charge < -0.3 is 9.84 Å². The van der Waals surface area contributed by atoms with Crippen LogP contribution in [-0.2, 0) is 9.59 Å². The Bertz CT molecular complexity index is 1300. The molecule has 3 aromatic carbocycles. The highest BCUT2D eigenvalue weighted by Gasteiger charge is 2.47. The molecule has 1 heterocycles. The van der Waals surface area contributed by atoms with E-state index in [0.717, 1.165) is 5.56 Å². The first-order valence-corrected chi connectivity index (χ1v) is 11.3. The Kier molecular flexibility index (Phi) is 6.69. The maximum atomic E-state index is 13.7. The minimum Gasteiger partial charge on any atom is -0.507 e. The van der Waals surface area contributed by atoms with Crippen molar-refractivity contribution in [3.05, 3.63) is 101 Å². The fourth-order valence-electron chi connectivity index (χ4n) is 4.25. The second-order valence-electron chi connectivity index (χ2n) is 8.54. The average Bonchev–Trinajstić information content (AvgIpc) is 3.10. The van der Waals surface area contributed by atoms with E-state index in [1.165, 1.54) is 53.4 Å². The second-order valence-corrected chi connectivity index (χ2v) is 8.54. The number of hydrogen-bond donors (Lipinski definition) is 1. The molecule has 3 aromatic rings. The number of Topliss-reactive ketones (excluding diaryl/α,β-unsaturated/α-hetero) is 1. The number of aliphatic hydroxyl groups is 1. The van der Waals surface area contributed by atoms with Crippen LogP contribution in [0.1, 0.15) is 49.4 Å². The van der Waals surface area contributed by atoms with Crippen LogP contribution in [-0.4, -0.2) is 23.4 Å². The molecule has 1 unspecified atom stereocenters. The maximum Gasteiger partial charge on any atom is 0.300 e. The SMILES string of the molecule is CCOc1ccc(/C(O)=C2/C(=O)C(=O)N(c3ccc(F)cc3)C2c2ccc(F)cc2)cc1C(C)C. The molecule has 0 radical (unpaired) electrons. The smallest absolute Gasteiger partial charge is 0.300 e. The van der Waals surface area contributed by atoms with E-state index in [-0.39, 0.29) is 22.9 Å². The van der Waals surface area contributed by atoms with Crippen molar-refractivity contribution in [2.75, 3.05) is 11.5 Å². The van der Waals surface area contributed by atoms with Crippen molar-refractivity contribution in [2.45, 2.75) is 32.7 Å². The van der Waals surface area contributed by atoms with Crippen LogP contribution in [0.4, 0.5) is 14.5 Å². The van der Waals surface area contributed by atoms with E-state index in [2.05, 4.69) is 0 Å². The third-order valence-corrected chi connectivity index (χ3v) is 5.94. The lowest BCUT2D eigenvalue weighted by atomic mass is 9.93. The first kappa shape index (κ1) is 24.1. The van der Waals surface area contributed by atoms with Crippen molar-refractivity contribution < 1.29 is 28.2 Å². The van der Waals surface area contributed by atoms with Crippen LogP contribution in [0.2, 0.25) is 0 Å². The number of rotatable bonds is 6. The molecule has 1 amide bonds. The van der Waals surface area contributed by atoms with Crippen molar-refractivity contribution in [1.82, 2.24) is 0 Å². The van der Waals surface area contributed by atoms with Crippen LogP contribution in [0, 0.1) is 11.6 Å². The van der Waals surface area contributed by atoms with Crippen LogP contribution in [0.5, 0.6) is 5.75 Å². The molecule has 5 nitrogen and oxygen atoms in total. The number of anilines is 1. The van der Waals surface area contributed by atoms with Crippen molar-refractivity contribution in [3.8, 4) is 5.75 Å². The molecule has 0 aromatic heterocycles. The van der Waals surface area contributed by atoms with Gasteiger partial charge in [-0.25, -0.2) is 8.78 Å². The van der Waals surface area contributed by atoms with Crippen LogP contribution in [0.15, 0.2) is 72.3 Å². The minimum absolute atomic E-state index is 0.0684. The fourth-order valence-corrected chi connectivity index (χ4v) is 4.25. The summed E-state index contributed by atoms with van der Waals surface area (Å²) in [7, 11) is 0. The van der Waals surface area contributed by atoms with Crippen molar-refractivity contribution in [2.24, 2.45) is 0 Å². The Morgan fingerprint density at radius 2 is 1.57 bits per heavy atom. The van der Waals surface area contributed by atoms with Gasteiger partial charge in [-0.15, -0.1) is 0 Å². The topological polar surface area (TPSA) is 66.8 Å². The van der Waals surface area contributed by atoms with Crippen LogP contribution in [0.25, 0.3) is 5.76 Å². The first-order valence-electron chi connectivity index (χ1n) is 11.3. The molecule has 0 saturated carbocycles. The lowest BCUT2D eigenvalue weighted by Crippen LogP contribution is -2.29. The summed E-state index contributed by atoms with van der Waals surface area (Å²) in [5, 5.41) is 11.3. The minimum atomic E-state index is -1.03. The van der Waals surface area contributed by atoms with Gasteiger partial charge >= 0.3 is 0 Å². The molecular weight excluding hydrogens is 452 g/mol. The number of hydrogen-bond acceptors (Lipinski definition) is 4. The molecule has 1 N–H and O–H groups in total. The molecule has 0 aliphatic carbocycles. The van der Waals surface area contributed by atoms with E-state index >= 15 is 0 Å². The number of amides is 1. The van der Waals surface area contributed by atoms with Crippen LogP contribution >= 0.6 is 0 Å². The van der Waals surface area contributed by atoms with Gasteiger partial charge in [0.15, 0.2) is 0 Å². The summed E-state index contributed by atoms with van der Waals surface area (Å²) in [4.78, 5) is 27.6. The molecule has 1 fully saturated rings. The van der Waals surface area contributed by atoms with E-state index in [1.807, 2.05) is 20.8 Å². The van der Waals surface area contributed by atoms with Gasteiger partial charge in [-0.05, 0) is 78.6 Å². The molecular formula is C28H25F2NO4. The maximum absolute atomic E-state index is 13.7. The molecule has 35 heavy (non-hydrogen) atoms. The molecule has 180 valence electrons. The van der Waals surface area contributed by atoms with Gasteiger partial charge in [-0.2, -0.15) is 0 Å². The number of carbonyl (C=O) groups excluding carboxylic acids is 2. The Hall–Kier alpha value is -4.00. The number of ether oxygens (including phenoxy) is 1. The molecule has 1 aliphatic heterocycles. The number of aliphatic hydroxyl groups excluding tert-OH is 1. The third kappa shape index (κ3) is 4.54. The summed E-state index contributed by atoms with van der Waals surface area (Å²) in [5.41, 5.74) is 1.75. The highest BCUT2D eigenvalue weighted by molar-refractivity contribution is 6.51. The van der Waals surface area contributed by atoms with Gasteiger partial charge in [0.1, 0.15) is 23.1 Å². The number of benzene rings is 3. The van der Waals surface area contributed by atoms with E-state index in [4.69, 9.17) is 4.74 Å². The lowest BCUT2D eigenvalue weighted by molar-refractivity contribution is -0.132. The summed E-state index contributed by atoms with van der Waals surface area (Å²) in [5.74, 6) is -2.37. The zero-order valence-electron chi connectivity index (χ0n) is 19.6. The lowest BCUT2D eigenvalue weighted by Gasteiger charge is -2.25. The summed E-state index contributed by atoms with van der Waals surface area (Å²) >= 11 is 0. The highest BCUT2D eigenvalue weighted by Crippen LogP contribution is 2.42. The molecule has 0 spiro atoms. The van der Waals surface area contributed by atoms with E-state index in [9.17, 15) is 23.5 Å². The summed E-state index contributed by atoms with van der Waals surface area (Å²) < 4.78 is 32.9. The van der Waals surface area contributed by atoms with Crippen LogP contribution in [0.3, 0.4) is 0 Å². The molecule has 1 saturated heterocycles. The predicted molar refractivity (Wildman–Crippen MR) is 129 cm³/mol. The molecule has 1 atom stereocenters. The summed E-state index contributed by atoms with van der Waals surface area (Å²) in [6.45, 7) is 6.30. The Morgan fingerprint density at radius 1 is 0.971 bits per heavy atom. The third-order valence-electron chi connectivity index (χ3n) is 5.94. The van der Waals surface area contributed by atoms with Crippen molar-refractivity contribution >= 4 is 23.1 Å². The Balaban J connectivity index is 1.92. The van der Waals surface area contributed by atoms with Gasteiger partial charge in [0.05, 0.1) is 18.2 Å². The zero-order valence-corrected chi connectivity index (χ0v) is 19.6.